The lowest BCUT2D eigenvalue weighted by Crippen LogP contribution is -2.46. The van der Waals surface area contributed by atoms with Gasteiger partial charge in [-0.3, -0.25) is 4.79 Å². The molecule has 110 valence electrons. The highest BCUT2D eigenvalue weighted by Gasteiger charge is 2.34. The fraction of sp³-hybridized carbons (Fsp3) is 0.462. The van der Waals surface area contributed by atoms with Crippen LogP contribution < -0.4 is 4.72 Å². The largest absolute Gasteiger partial charge is 0.480 e. The number of ether oxygens (including phenoxy) is 1. The molecule has 0 aliphatic carbocycles. The smallest absolute Gasteiger partial charge is 0.322 e. The van der Waals surface area contributed by atoms with Crippen molar-refractivity contribution in [1.29, 1.82) is 0 Å². The summed E-state index contributed by atoms with van der Waals surface area (Å²) in [6.45, 7) is 2.56. The summed E-state index contributed by atoms with van der Waals surface area (Å²) in [4.78, 5) is 11.3. The van der Waals surface area contributed by atoms with Crippen molar-refractivity contribution in [2.45, 2.75) is 24.3 Å². The Morgan fingerprint density at radius 2 is 2.05 bits per heavy atom. The molecule has 1 fully saturated rings. The van der Waals surface area contributed by atoms with Gasteiger partial charge in [0.1, 0.15) is 6.04 Å². The summed E-state index contributed by atoms with van der Waals surface area (Å²) in [7, 11) is -3.85. The van der Waals surface area contributed by atoms with Crippen LogP contribution in [-0.2, 0) is 19.6 Å². The molecule has 1 aromatic rings. The maximum atomic E-state index is 12.2. The van der Waals surface area contributed by atoms with Gasteiger partial charge in [-0.05, 0) is 25.5 Å². The second-order valence-corrected chi connectivity index (χ2v) is 6.59. The van der Waals surface area contributed by atoms with Gasteiger partial charge in [0.05, 0.1) is 11.5 Å². The molecule has 0 bridgehead atoms. The topological polar surface area (TPSA) is 92.7 Å². The van der Waals surface area contributed by atoms with Crippen molar-refractivity contribution in [2.75, 3.05) is 13.2 Å². The molecular weight excluding hydrogens is 282 g/mol. The number of aliphatic carboxylic acids is 1. The molecule has 2 rings (SSSR count). The second kappa shape index (κ2) is 5.90. The Labute approximate surface area is 117 Å². The summed E-state index contributed by atoms with van der Waals surface area (Å²) < 4.78 is 31.8. The Balaban J connectivity index is 2.20. The first-order valence-electron chi connectivity index (χ1n) is 6.30. The van der Waals surface area contributed by atoms with Crippen molar-refractivity contribution in [3.8, 4) is 0 Å². The molecule has 6 nitrogen and oxygen atoms in total. The summed E-state index contributed by atoms with van der Waals surface area (Å²) in [5.74, 6) is -1.52. The van der Waals surface area contributed by atoms with Gasteiger partial charge in [-0.1, -0.05) is 17.7 Å². The van der Waals surface area contributed by atoms with E-state index in [1.165, 1.54) is 12.1 Å². The Kier molecular flexibility index (Phi) is 4.42. The van der Waals surface area contributed by atoms with Crippen LogP contribution >= 0.6 is 0 Å². The van der Waals surface area contributed by atoms with Crippen LogP contribution in [0.25, 0.3) is 0 Å². The number of sulfonamides is 1. The molecule has 2 N–H and O–H groups in total. The molecule has 20 heavy (non-hydrogen) atoms. The summed E-state index contributed by atoms with van der Waals surface area (Å²) in [6, 6.07) is 5.10. The van der Waals surface area contributed by atoms with Crippen LogP contribution in [0, 0.1) is 12.8 Å². The summed E-state index contributed by atoms with van der Waals surface area (Å²) in [5.41, 5.74) is 0.933. The molecule has 2 atom stereocenters. The normalized spacial score (nSPS) is 20.8. The number of rotatable bonds is 5. The summed E-state index contributed by atoms with van der Waals surface area (Å²) in [6.07, 6.45) is 0.535. The molecule has 1 aromatic carbocycles. The number of carboxylic acid groups (broad SMARTS) is 1. The van der Waals surface area contributed by atoms with Gasteiger partial charge in [0, 0.05) is 12.5 Å². The summed E-state index contributed by atoms with van der Waals surface area (Å²) in [5, 5.41) is 9.21. The van der Waals surface area contributed by atoms with E-state index in [9.17, 15) is 18.3 Å². The zero-order valence-electron chi connectivity index (χ0n) is 11.1. The molecule has 0 amide bonds. The number of hydrogen-bond donors (Lipinski definition) is 2. The van der Waals surface area contributed by atoms with Crippen LogP contribution in [0.5, 0.6) is 0 Å². The first-order valence-corrected chi connectivity index (χ1v) is 7.78. The van der Waals surface area contributed by atoms with Crippen LogP contribution in [0.15, 0.2) is 29.2 Å². The van der Waals surface area contributed by atoms with E-state index in [0.29, 0.717) is 13.0 Å². The number of carbonyl (C=O) groups is 1. The van der Waals surface area contributed by atoms with Crippen molar-refractivity contribution in [3.05, 3.63) is 29.8 Å². The first-order chi connectivity index (χ1) is 9.40. The molecule has 0 spiro atoms. The lowest BCUT2D eigenvalue weighted by molar-refractivity contribution is -0.140. The fourth-order valence-corrected chi connectivity index (χ4v) is 3.37. The van der Waals surface area contributed by atoms with Gasteiger partial charge in [0.15, 0.2) is 0 Å². The Hall–Kier alpha value is -1.44. The standard InChI is InChI=1S/C13H17NO5S/c1-9-2-4-11(5-3-9)20(17,18)14-12(13(15)16)10-6-7-19-8-10/h2-5,10,12,14H,6-8H2,1H3,(H,15,16)/t10-,12?/m0/s1. The molecule has 0 aromatic heterocycles. The average Bonchev–Trinajstić information content (AvgIpc) is 2.90. The molecule has 1 heterocycles. The number of benzene rings is 1. The van der Waals surface area contributed by atoms with Crippen molar-refractivity contribution < 1.29 is 23.1 Å². The van der Waals surface area contributed by atoms with Crippen LogP contribution in [0.3, 0.4) is 0 Å². The van der Waals surface area contributed by atoms with Crippen LogP contribution in [0.1, 0.15) is 12.0 Å². The van der Waals surface area contributed by atoms with E-state index in [2.05, 4.69) is 4.72 Å². The van der Waals surface area contributed by atoms with Crippen molar-refractivity contribution in [3.63, 3.8) is 0 Å². The van der Waals surface area contributed by atoms with E-state index < -0.39 is 22.0 Å². The van der Waals surface area contributed by atoms with E-state index in [0.717, 1.165) is 5.56 Å². The molecule has 1 aliphatic heterocycles. The van der Waals surface area contributed by atoms with Crippen LogP contribution in [0.4, 0.5) is 0 Å². The summed E-state index contributed by atoms with van der Waals surface area (Å²) >= 11 is 0. The Morgan fingerprint density at radius 1 is 1.40 bits per heavy atom. The number of hydrogen-bond acceptors (Lipinski definition) is 4. The highest BCUT2D eigenvalue weighted by molar-refractivity contribution is 7.89. The third kappa shape index (κ3) is 3.36. The quantitative estimate of drug-likeness (QED) is 0.837. The molecule has 0 saturated carbocycles. The number of aryl methyl sites for hydroxylation is 1. The molecular formula is C13H17NO5S. The van der Waals surface area contributed by atoms with Crippen molar-refractivity contribution in [2.24, 2.45) is 5.92 Å². The number of carboxylic acids is 1. The average molecular weight is 299 g/mol. The third-order valence-corrected chi connectivity index (χ3v) is 4.77. The van der Waals surface area contributed by atoms with E-state index in [1.54, 1.807) is 12.1 Å². The number of nitrogens with one attached hydrogen (secondary N) is 1. The van der Waals surface area contributed by atoms with Crippen LogP contribution in [0.2, 0.25) is 0 Å². The third-order valence-electron chi connectivity index (χ3n) is 3.32. The van der Waals surface area contributed by atoms with Gasteiger partial charge in [0.25, 0.3) is 0 Å². The molecule has 0 radical (unpaired) electrons. The van der Waals surface area contributed by atoms with Gasteiger partial charge in [-0.25, -0.2) is 8.42 Å². The fourth-order valence-electron chi connectivity index (χ4n) is 2.12. The van der Waals surface area contributed by atoms with Gasteiger partial charge < -0.3 is 9.84 Å². The Morgan fingerprint density at radius 3 is 2.55 bits per heavy atom. The van der Waals surface area contributed by atoms with Gasteiger partial charge >= 0.3 is 5.97 Å². The zero-order valence-corrected chi connectivity index (χ0v) is 11.9. The zero-order chi connectivity index (χ0) is 14.8. The molecule has 7 heteroatoms. The maximum absolute atomic E-state index is 12.2. The van der Waals surface area contributed by atoms with E-state index in [1.807, 2.05) is 6.92 Å². The van der Waals surface area contributed by atoms with Crippen molar-refractivity contribution >= 4 is 16.0 Å². The second-order valence-electron chi connectivity index (χ2n) is 4.87. The maximum Gasteiger partial charge on any atom is 0.322 e. The van der Waals surface area contributed by atoms with Gasteiger partial charge in [0.2, 0.25) is 10.0 Å². The van der Waals surface area contributed by atoms with E-state index in [4.69, 9.17) is 4.74 Å². The minimum absolute atomic E-state index is 0.0632. The first kappa shape index (κ1) is 15.0. The van der Waals surface area contributed by atoms with Crippen LogP contribution in [-0.4, -0.2) is 38.7 Å². The highest BCUT2D eigenvalue weighted by Crippen LogP contribution is 2.19. The lowest BCUT2D eigenvalue weighted by Gasteiger charge is -2.19. The predicted molar refractivity (Wildman–Crippen MR) is 71.9 cm³/mol. The SMILES string of the molecule is Cc1ccc(S(=O)(=O)NC(C(=O)O)[C@H]2CCOC2)cc1. The van der Waals surface area contributed by atoms with E-state index >= 15 is 0 Å². The minimum atomic E-state index is -3.85. The predicted octanol–water partition coefficient (Wildman–Crippen LogP) is 0.763. The molecule has 1 saturated heterocycles. The molecule has 1 aliphatic rings. The van der Waals surface area contributed by atoms with Gasteiger partial charge in [-0.15, -0.1) is 0 Å². The monoisotopic (exact) mass is 299 g/mol. The minimum Gasteiger partial charge on any atom is -0.480 e. The lowest BCUT2D eigenvalue weighted by atomic mass is 10.0. The van der Waals surface area contributed by atoms with Gasteiger partial charge in [-0.2, -0.15) is 4.72 Å². The van der Waals surface area contributed by atoms with Crippen molar-refractivity contribution in [1.82, 2.24) is 4.72 Å². The van der Waals surface area contributed by atoms with E-state index in [-0.39, 0.29) is 17.4 Å². The highest BCUT2D eigenvalue weighted by atomic mass is 32.2. The Bertz CT molecular complexity index is 575. The molecule has 1 unspecified atom stereocenters.